The summed E-state index contributed by atoms with van der Waals surface area (Å²) in [5.74, 6) is -1.58. The van der Waals surface area contributed by atoms with Crippen molar-refractivity contribution < 1.29 is 23.5 Å². The summed E-state index contributed by atoms with van der Waals surface area (Å²) < 4.78 is 24.6. The van der Waals surface area contributed by atoms with E-state index >= 15 is 0 Å². The molecule has 0 aliphatic heterocycles. The average Bonchev–Trinajstić information content (AvgIpc) is 3.24. The Labute approximate surface area is 183 Å². The van der Waals surface area contributed by atoms with Crippen LogP contribution in [0.4, 0.5) is 14.9 Å². The molecule has 8 nitrogen and oxygen atoms in total. The van der Waals surface area contributed by atoms with Gasteiger partial charge in [-0.15, -0.1) is 5.10 Å². The quantitative estimate of drug-likeness (QED) is 0.426. The van der Waals surface area contributed by atoms with Gasteiger partial charge in [-0.25, -0.2) is 13.9 Å². The lowest BCUT2D eigenvalue weighted by molar-refractivity contribution is 0.101. The maximum atomic E-state index is 13.9. The minimum atomic E-state index is -1.03. The third-order valence-corrected chi connectivity index (χ3v) is 4.04. The van der Waals surface area contributed by atoms with Crippen LogP contribution in [0.15, 0.2) is 42.6 Å². The Hall–Kier alpha value is -3.46. The standard InChI is InChI=1S/C19H16ClFN4O4.C2H6/c1-3-28-19(27)29-17-9-13(6-7-14(17)21)25-10-16(23-24-25)18(26)22-15-8-12(20)5-4-11(15)2;1-2/h4-10H,3H2,1-2H3,(H,22,26);1-2H3. The van der Waals surface area contributed by atoms with E-state index in [0.717, 1.165) is 11.6 Å². The van der Waals surface area contributed by atoms with E-state index in [1.54, 1.807) is 25.1 Å². The zero-order valence-electron chi connectivity index (χ0n) is 17.5. The number of benzene rings is 2. The normalized spacial score (nSPS) is 10.0. The molecule has 0 spiro atoms. The summed E-state index contributed by atoms with van der Waals surface area (Å²) >= 11 is 5.95. The van der Waals surface area contributed by atoms with Crippen molar-refractivity contribution in [2.45, 2.75) is 27.7 Å². The van der Waals surface area contributed by atoms with E-state index in [9.17, 15) is 14.0 Å². The molecule has 0 fully saturated rings. The van der Waals surface area contributed by atoms with Crippen LogP contribution in [0.5, 0.6) is 5.75 Å². The highest BCUT2D eigenvalue weighted by Crippen LogP contribution is 2.23. The number of halogens is 2. The number of hydrogen-bond donors (Lipinski definition) is 1. The number of rotatable bonds is 5. The Balaban J connectivity index is 0.00000166. The highest BCUT2D eigenvalue weighted by molar-refractivity contribution is 6.31. The van der Waals surface area contributed by atoms with Gasteiger partial charge in [0.15, 0.2) is 17.3 Å². The minimum absolute atomic E-state index is 0.0292. The molecule has 3 rings (SSSR count). The van der Waals surface area contributed by atoms with Crippen LogP contribution in [0.1, 0.15) is 36.8 Å². The summed E-state index contributed by atoms with van der Waals surface area (Å²) in [5.41, 5.74) is 1.73. The Morgan fingerprint density at radius 1 is 1.19 bits per heavy atom. The molecule has 0 aliphatic carbocycles. The largest absolute Gasteiger partial charge is 0.513 e. The molecule has 1 N–H and O–H groups in total. The fraction of sp³-hybridized carbons (Fsp3) is 0.238. The van der Waals surface area contributed by atoms with Gasteiger partial charge in [0.1, 0.15) is 0 Å². The van der Waals surface area contributed by atoms with Crippen LogP contribution in [0.3, 0.4) is 0 Å². The fourth-order valence-electron chi connectivity index (χ4n) is 2.36. The average molecular weight is 449 g/mol. The molecule has 0 bridgehead atoms. The molecule has 1 aromatic heterocycles. The lowest BCUT2D eigenvalue weighted by Crippen LogP contribution is -2.13. The summed E-state index contributed by atoms with van der Waals surface area (Å²) in [7, 11) is 0. The maximum Gasteiger partial charge on any atom is 0.513 e. The summed E-state index contributed by atoms with van der Waals surface area (Å²) in [6.45, 7) is 7.51. The second-order valence-corrected chi connectivity index (χ2v) is 6.30. The molecule has 1 heterocycles. The number of amides is 1. The SMILES string of the molecule is CC.CCOC(=O)Oc1cc(-n2cc(C(=O)Nc3cc(Cl)ccc3C)nn2)ccc1F. The van der Waals surface area contributed by atoms with Crippen LogP contribution in [-0.2, 0) is 4.74 Å². The molecule has 10 heteroatoms. The molecule has 0 unspecified atom stereocenters. The van der Waals surface area contributed by atoms with Crippen molar-refractivity contribution in [2.75, 3.05) is 11.9 Å². The Kier molecular flexibility index (Phi) is 8.51. The monoisotopic (exact) mass is 448 g/mol. The lowest BCUT2D eigenvalue weighted by Gasteiger charge is -2.07. The number of nitrogens with zero attached hydrogens (tertiary/aromatic N) is 3. The van der Waals surface area contributed by atoms with Crippen LogP contribution in [0, 0.1) is 12.7 Å². The molecule has 0 radical (unpaired) electrons. The molecule has 1 amide bonds. The van der Waals surface area contributed by atoms with Crippen molar-refractivity contribution in [3.05, 3.63) is 64.7 Å². The number of nitrogens with one attached hydrogen (secondary N) is 1. The van der Waals surface area contributed by atoms with Gasteiger partial charge in [-0.05, 0) is 43.7 Å². The van der Waals surface area contributed by atoms with Gasteiger partial charge in [-0.2, -0.15) is 0 Å². The highest BCUT2D eigenvalue weighted by Gasteiger charge is 2.16. The third kappa shape index (κ3) is 6.26. The molecule has 0 atom stereocenters. The van der Waals surface area contributed by atoms with Crippen molar-refractivity contribution in [1.82, 2.24) is 15.0 Å². The molecule has 0 saturated carbocycles. The van der Waals surface area contributed by atoms with E-state index < -0.39 is 17.9 Å². The van der Waals surface area contributed by atoms with Gasteiger partial charge in [0.25, 0.3) is 5.91 Å². The van der Waals surface area contributed by atoms with Crippen molar-refractivity contribution in [3.8, 4) is 11.4 Å². The zero-order valence-corrected chi connectivity index (χ0v) is 18.2. The van der Waals surface area contributed by atoms with E-state index in [4.69, 9.17) is 16.3 Å². The van der Waals surface area contributed by atoms with Gasteiger partial charge >= 0.3 is 6.16 Å². The molecule has 3 aromatic rings. The van der Waals surface area contributed by atoms with Gasteiger partial charge in [0.2, 0.25) is 0 Å². The van der Waals surface area contributed by atoms with Gasteiger partial charge < -0.3 is 14.8 Å². The van der Waals surface area contributed by atoms with Gasteiger partial charge in [-0.3, -0.25) is 4.79 Å². The molecule has 31 heavy (non-hydrogen) atoms. The van der Waals surface area contributed by atoms with E-state index in [2.05, 4.69) is 20.4 Å². The first-order valence-electron chi connectivity index (χ1n) is 9.51. The lowest BCUT2D eigenvalue weighted by atomic mass is 10.2. The molecule has 0 aliphatic rings. The van der Waals surface area contributed by atoms with Crippen molar-refractivity contribution >= 4 is 29.4 Å². The van der Waals surface area contributed by atoms with E-state index in [0.29, 0.717) is 16.4 Å². The number of aryl methyl sites for hydroxylation is 1. The molecule has 0 saturated heterocycles. The van der Waals surface area contributed by atoms with Crippen LogP contribution < -0.4 is 10.1 Å². The molecular weight excluding hydrogens is 427 g/mol. The van der Waals surface area contributed by atoms with Crippen molar-refractivity contribution in [1.29, 1.82) is 0 Å². The summed E-state index contributed by atoms with van der Waals surface area (Å²) in [6, 6.07) is 8.85. The fourth-order valence-corrected chi connectivity index (χ4v) is 2.53. The Morgan fingerprint density at radius 3 is 2.65 bits per heavy atom. The number of hydrogen-bond acceptors (Lipinski definition) is 6. The molecule has 2 aromatic carbocycles. The van der Waals surface area contributed by atoms with Gasteiger partial charge in [0, 0.05) is 16.8 Å². The smallest absolute Gasteiger partial charge is 0.434 e. The number of anilines is 1. The van der Waals surface area contributed by atoms with Crippen LogP contribution >= 0.6 is 11.6 Å². The van der Waals surface area contributed by atoms with Gasteiger partial charge in [-0.1, -0.05) is 36.7 Å². The number of carbonyl (C=O) groups excluding carboxylic acids is 2. The first-order chi connectivity index (χ1) is 14.9. The first-order valence-corrected chi connectivity index (χ1v) is 9.89. The predicted molar refractivity (Wildman–Crippen MR) is 114 cm³/mol. The van der Waals surface area contributed by atoms with E-state index in [-0.39, 0.29) is 18.1 Å². The maximum absolute atomic E-state index is 13.9. The number of aromatic nitrogens is 3. The Bertz CT molecular complexity index is 1070. The highest BCUT2D eigenvalue weighted by atomic mass is 35.5. The van der Waals surface area contributed by atoms with E-state index in [1.165, 1.54) is 23.0 Å². The van der Waals surface area contributed by atoms with Crippen molar-refractivity contribution in [3.63, 3.8) is 0 Å². The van der Waals surface area contributed by atoms with Gasteiger partial charge in [0.05, 0.1) is 18.5 Å². The molecular formula is C21H22ClFN4O4. The minimum Gasteiger partial charge on any atom is -0.434 e. The third-order valence-electron chi connectivity index (χ3n) is 3.81. The Morgan fingerprint density at radius 2 is 1.94 bits per heavy atom. The topological polar surface area (TPSA) is 95.3 Å². The summed E-state index contributed by atoms with van der Waals surface area (Å²) in [6.07, 6.45) is 0.329. The zero-order chi connectivity index (χ0) is 23.0. The summed E-state index contributed by atoms with van der Waals surface area (Å²) in [4.78, 5) is 23.9. The van der Waals surface area contributed by atoms with E-state index in [1.807, 2.05) is 20.8 Å². The number of ether oxygens (including phenoxy) is 2. The van der Waals surface area contributed by atoms with Crippen molar-refractivity contribution in [2.24, 2.45) is 0 Å². The second kappa shape index (κ2) is 11.1. The molecule has 164 valence electrons. The van der Waals surface area contributed by atoms with Crippen LogP contribution in [0.2, 0.25) is 5.02 Å². The number of carbonyl (C=O) groups is 2. The summed E-state index contributed by atoms with van der Waals surface area (Å²) in [5, 5.41) is 10.9. The predicted octanol–water partition coefficient (Wildman–Crippen LogP) is 5.18. The van der Waals surface area contributed by atoms with Crippen LogP contribution in [-0.4, -0.2) is 33.7 Å². The second-order valence-electron chi connectivity index (χ2n) is 5.86. The first kappa shape index (κ1) is 23.8. The van der Waals surface area contributed by atoms with Crippen LogP contribution in [0.25, 0.3) is 5.69 Å².